The minimum atomic E-state index is 1.17. The normalized spacial score (nSPS) is 11.3. The molecule has 0 saturated heterocycles. The zero-order valence-electron chi connectivity index (χ0n) is 10.8. The third kappa shape index (κ3) is 13.7. The maximum absolute atomic E-state index is 3.99. The van der Waals surface area contributed by atoms with Gasteiger partial charge in [0, 0.05) is 7.05 Å². The highest BCUT2D eigenvalue weighted by Gasteiger charge is 1.91. The maximum atomic E-state index is 3.99. The van der Waals surface area contributed by atoms with Crippen molar-refractivity contribution in [2.45, 2.75) is 77.6 Å². The van der Waals surface area contributed by atoms with Gasteiger partial charge in [-0.25, -0.2) is 0 Å². The second-order valence-electron chi connectivity index (χ2n) is 4.41. The summed E-state index contributed by atoms with van der Waals surface area (Å²) in [6.45, 7) is 2.28. The minimum absolute atomic E-state index is 1.17. The van der Waals surface area contributed by atoms with Crippen LogP contribution in [-0.4, -0.2) is 13.3 Å². The molecule has 0 rings (SSSR count). The van der Waals surface area contributed by atoms with Gasteiger partial charge in [0.1, 0.15) is 0 Å². The van der Waals surface area contributed by atoms with Crippen LogP contribution in [0.5, 0.6) is 0 Å². The van der Waals surface area contributed by atoms with E-state index in [-0.39, 0.29) is 0 Å². The van der Waals surface area contributed by atoms with Gasteiger partial charge in [0.2, 0.25) is 0 Å². The molecule has 0 aliphatic carbocycles. The summed E-state index contributed by atoms with van der Waals surface area (Å²) in [5.74, 6) is 0. The summed E-state index contributed by atoms with van der Waals surface area (Å²) in [6.07, 6.45) is 17.4. The Morgan fingerprint density at radius 1 is 0.733 bits per heavy atom. The average molecular weight is 211 g/mol. The predicted molar refractivity (Wildman–Crippen MR) is 70.9 cm³/mol. The van der Waals surface area contributed by atoms with Crippen molar-refractivity contribution in [3.63, 3.8) is 0 Å². The van der Waals surface area contributed by atoms with E-state index in [1.165, 1.54) is 70.6 Å². The van der Waals surface area contributed by atoms with Gasteiger partial charge in [-0.15, -0.1) is 0 Å². The SMILES string of the molecule is CCCCCCCCCCCC/C=N/C. The third-order valence-corrected chi connectivity index (χ3v) is 2.87. The van der Waals surface area contributed by atoms with Crippen LogP contribution in [0.4, 0.5) is 0 Å². The maximum Gasteiger partial charge on any atom is 0.0273 e. The molecule has 0 radical (unpaired) electrons. The summed E-state index contributed by atoms with van der Waals surface area (Å²) in [5, 5.41) is 0. The summed E-state index contributed by atoms with van der Waals surface area (Å²) in [4.78, 5) is 3.99. The van der Waals surface area contributed by atoms with E-state index in [9.17, 15) is 0 Å². The van der Waals surface area contributed by atoms with E-state index in [0.717, 1.165) is 0 Å². The Morgan fingerprint density at radius 3 is 1.67 bits per heavy atom. The van der Waals surface area contributed by atoms with E-state index in [0.29, 0.717) is 0 Å². The molecular formula is C14H29N. The van der Waals surface area contributed by atoms with Crippen molar-refractivity contribution in [1.82, 2.24) is 0 Å². The molecule has 0 bridgehead atoms. The predicted octanol–water partition coefficient (Wildman–Crippen LogP) is 5.00. The summed E-state index contributed by atoms with van der Waals surface area (Å²) in [7, 11) is 1.86. The Morgan fingerprint density at radius 2 is 1.20 bits per heavy atom. The van der Waals surface area contributed by atoms with Crippen molar-refractivity contribution >= 4 is 6.21 Å². The van der Waals surface area contributed by atoms with Gasteiger partial charge in [0.25, 0.3) is 0 Å². The summed E-state index contributed by atoms with van der Waals surface area (Å²) < 4.78 is 0. The molecule has 0 spiro atoms. The molecule has 0 aliphatic rings. The molecule has 0 atom stereocenters. The first-order valence-electron chi connectivity index (χ1n) is 6.82. The average Bonchev–Trinajstić information content (AvgIpc) is 2.26. The van der Waals surface area contributed by atoms with E-state index in [2.05, 4.69) is 11.9 Å². The molecule has 0 aromatic heterocycles. The van der Waals surface area contributed by atoms with Crippen LogP contribution >= 0.6 is 0 Å². The lowest BCUT2D eigenvalue weighted by molar-refractivity contribution is 0.559. The molecule has 0 aromatic rings. The van der Waals surface area contributed by atoms with Crippen LogP contribution < -0.4 is 0 Å². The van der Waals surface area contributed by atoms with Crippen molar-refractivity contribution in [2.75, 3.05) is 7.05 Å². The molecule has 90 valence electrons. The van der Waals surface area contributed by atoms with Gasteiger partial charge in [-0.05, 0) is 19.1 Å². The Balaban J connectivity index is 2.86. The van der Waals surface area contributed by atoms with Crippen molar-refractivity contribution in [3.8, 4) is 0 Å². The van der Waals surface area contributed by atoms with Crippen LogP contribution in [0, 0.1) is 0 Å². The summed E-state index contributed by atoms with van der Waals surface area (Å²) in [5.41, 5.74) is 0. The van der Waals surface area contributed by atoms with Crippen molar-refractivity contribution in [1.29, 1.82) is 0 Å². The highest BCUT2D eigenvalue weighted by atomic mass is 14.6. The Bertz CT molecular complexity index is 129. The zero-order chi connectivity index (χ0) is 11.2. The van der Waals surface area contributed by atoms with E-state index in [1.54, 1.807) is 0 Å². The molecule has 0 saturated carbocycles. The first-order chi connectivity index (χ1) is 7.41. The number of rotatable bonds is 11. The van der Waals surface area contributed by atoms with E-state index in [4.69, 9.17) is 0 Å². The Kier molecular flexibility index (Phi) is 13.4. The van der Waals surface area contributed by atoms with Gasteiger partial charge in [0.15, 0.2) is 0 Å². The lowest BCUT2D eigenvalue weighted by Crippen LogP contribution is -1.82. The van der Waals surface area contributed by atoms with Crippen LogP contribution in [0.25, 0.3) is 0 Å². The molecule has 1 nitrogen and oxygen atoms in total. The van der Waals surface area contributed by atoms with Gasteiger partial charge in [0.05, 0.1) is 0 Å². The van der Waals surface area contributed by atoms with Gasteiger partial charge in [-0.2, -0.15) is 0 Å². The van der Waals surface area contributed by atoms with Crippen LogP contribution in [0.1, 0.15) is 77.6 Å². The van der Waals surface area contributed by atoms with E-state index < -0.39 is 0 Å². The molecule has 1 heteroatoms. The largest absolute Gasteiger partial charge is 0.301 e. The van der Waals surface area contributed by atoms with Crippen LogP contribution in [0.2, 0.25) is 0 Å². The van der Waals surface area contributed by atoms with Crippen LogP contribution in [0.15, 0.2) is 4.99 Å². The van der Waals surface area contributed by atoms with Crippen molar-refractivity contribution < 1.29 is 0 Å². The number of unbranched alkanes of at least 4 members (excludes halogenated alkanes) is 10. The first-order valence-corrected chi connectivity index (χ1v) is 6.82. The Labute approximate surface area is 96.4 Å². The molecule has 0 N–H and O–H groups in total. The molecule has 0 amide bonds. The monoisotopic (exact) mass is 211 g/mol. The lowest BCUT2D eigenvalue weighted by Gasteiger charge is -2.00. The molecule has 15 heavy (non-hydrogen) atoms. The Hall–Kier alpha value is -0.330. The smallest absolute Gasteiger partial charge is 0.0273 e. The second kappa shape index (κ2) is 13.7. The van der Waals surface area contributed by atoms with Gasteiger partial charge in [-0.3, -0.25) is 0 Å². The molecule has 0 aromatic carbocycles. The quantitative estimate of drug-likeness (QED) is 0.337. The molecular weight excluding hydrogens is 182 g/mol. The highest BCUT2D eigenvalue weighted by molar-refractivity contribution is 5.56. The van der Waals surface area contributed by atoms with E-state index in [1.807, 2.05) is 13.3 Å². The second-order valence-corrected chi connectivity index (χ2v) is 4.41. The van der Waals surface area contributed by atoms with Crippen molar-refractivity contribution in [3.05, 3.63) is 0 Å². The van der Waals surface area contributed by atoms with Crippen LogP contribution in [0.3, 0.4) is 0 Å². The summed E-state index contributed by atoms with van der Waals surface area (Å²) in [6, 6.07) is 0. The molecule has 0 unspecified atom stereocenters. The van der Waals surface area contributed by atoms with E-state index >= 15 is 0 Å². The standard InChI is InChI=1S/C14H29N/c1-3-4-5-6-7-8-9-10-11-12-13-14-15-2/h14H,3-13H2,1-2H3/b15-14+. The molecule has 0 fully saturated rings. The van der Waals surface area contributed by atoms with Crippen molar-refractivity contribution in [2.24, 2.45) is 4.99 Å². The molecule has 0 aliphatic heterocycles. The number of aliphatic imine (C=N–C) groups is 1. The third-order valence-electron chi connectivity index (χ3n) is 2.87. The van der Waals surface area contributed by atoms with Gasteiger partial charge in [-0.1, -0.05) is 64.7 Å². The highest BCUT2D eigenvalue weighted by Crippen LogP contribution is 2.10. The summed E-state index contributed by atoms with van der Waals surface area (Å²) >= 11 is 0. The topological polar surface area (TPSA) is 12.4 Å². The lowest BCUT2D eigenvalue weighted by atomic mass is 10.1. The first kappa shape index (κ1) is 14.7. The fourth-order valence-electron chi connectivity index (χ4n) is 1.85. The van der Waals surface area contributed by atoms with Gasteiger partial charge < -0.3 is 4.99 Å². The van der Waals surface area contributed by atoms with Gasteiger partial charge >= 0.3 is 0 Å². The van der Waals surface area contributed by atoms with Crippen LogP contribution in [-0.2, 0) is 0 Å². The fraction of sp³-hybridized carbons (Fsp3) is 0.929. The number of nitrogens with zero attached hydrogens (tertiary/aromatic N) is 1. The number of hydrogen-bond donors (Lipinski definition) is 0. The fourth-order valence-corrected chi connectivity index (χ4v) is 1.85. The zero-order valence-corrected chi connectivity index (χ0v) is 10.8. The minimum Gasteiger partial charge on any atom is -0.301 e. The number of hydrogen-bond acceptors (Lipinski definition) is 1. The molecule has 0 heterocycles.